The van der Waals surface area contributed by atoms with Crippen molar-refractivity contribution in [1.29, 1.82) is 5.26 Å². The molecule has 0 radical (unpaired) electrons. The molecule has 2 fully saturated rings. The minimum atomic E-state index is -0.257. The fourth-order valence-electron chi connectivity index (χ4n) is 3.74. The third kappa shape index (κ3) is 4.48. The highest BCUT2D eigenvalue weighted by Crippen LogP contribution is 2.30. The van der Waals surface area contributed by atoms with Crippen molar-refractivity contribution in [2.45, 2.75) is 31.7 Å². The van der Waals surface area contributed by atoms with Gasteiger partial charge in [0.05, 0.1) is 18.4 Å². The van der Waals surface area contributed by atoms with E-state index in [4.69, 9.17) is 16.9 Å². The molecule has 2 aromatic heterocycles. The standard InChI is InChI=1S/C19H23ClN8OS/c1-26-6-8-27(9-7-26)19-23-12-15(30-19)18(29)25-28(13-4-2-3-5-13)17-14(20)11-22-16(10-21)24-17/h11-13H,2-9H2,1H3,(H,25,29). The van der Waals surface area contributed by atoms with Gasteiger partial charge in [-0.05, 0) is 19.9 Å². The molecule has 1 amide bonds. The summed E-state index contributed by atoms with van der Waals surface area (Å²) in [5, 5.41) is 12.0. The molecule has 1 aliphatic heterocycles. The van der Waals surface area contributed by atoms with Gasteiger partial charge in [-0.2, -0.15) is 10.2 Å². The Morgan fingerprint density at radius 3 is 2.70 bits per heavy atom. The van der Waals surface area contributed by atoms with Gasteiger partial charge in [-0.1, -0.05) is 35.8 Å². The molecule has 0 aromatic carbocycles. The molecule has 1 saturated carbocycles. The van der Waals surface area contributed by atoms with Crippen molar-refractivity contribution in [3.8, 4) is 6.07 Å². The molecule has 1 N–H and O–H groups in total. The van der Waals surface area contributed by atoms with E-state index < -0.39 is 0 Å². The summed E-state index contributed by atoms with van der Waals surface area (Å²) in [7, 11) is 2.10. The first kappa shape index (κ1) is 20.8. The Hall–Kier alpha value is -2.48. The molecular formula is C19H23ClN8OS. The second kappa shape index (κ2) is 9.12. The average Bonchev–Trinajstić information content (AvgIpc) is 3.45. The van der Waals surface area contributed by atoms with E-state index in [1.807, 2.05) is 6.07 Å². The van der Waals surface area contributed by atoms with Crippen LogP contribution in [0.1, 0.15) is 41.2 Å². The van der Waals surface area contributed by atoms with Crippen LogP contribution in [0.4, 0.5) is 10.9 Å². The van der Waals surface area contributed by atoms with Crippen molar-refractivity contribution in [3.05, 3.63) is 28.1 Å². The zero-order chi connectivity index (χ0) is 21.1. The molecule has 1 aliphatic carbocycles. The van der Waals surface area contributed by atoms with Gasteiger partial charge in [-0.3, -0.25) is 15.2 Å². The second-order valence-electron chi connectivity index (χ2n) is 7.52. The average molecular weight is 447 g/mol. The van der Waals surface area contributed by atoms with E-state index in [-0.39, 0.29) is 17.8 Å². The highest BCUT2D eigenvalue weighted by atomic mass is 35.5. The zero-order valence-corrected chi connectivity index (χ0v) is 18.3. The van der Waals surface area contributed by atoms with Gasteiger partial charge < -0.3 is 9.80 Å². The van der Waals surface area contributed by atoms with Crippen LogP contribution in [0.25, 0.3) is 0 Å². The summed E-state index contributed by atoms with van der Waals surface area (Å²) >= 11 is 7.71. The Bertz CT molecular complexity index is 946. The molecule has 1 saturated heterocycles. The summed E-state index contributed by atoms with van der Waals surface area (Å²) in [6, 6.07) is 2.00. The van der Waals surface area contributed by atoms with Gasteiger partial charge in [0, 0.05) is 26.2 Å². The fraction of sp³-hybridized carbons (Fsp3) is 0.526. The van der Waals surface area contributed by atoms with Crippen molar-refractivity contribution in [3.63, 3.8) is 0 Å². The SMILES string of the molecule is CN1CCN(c2ncc(C(=O)NN(c3nc(C#N)ncc3Cl)C3CCCC3)s2)CC1. The molecule has 0 spiro atoms. The monoisotopic (exact) mass is 446 g/mol. The van der Waals surface area contributed by atoms with Gasteiger partial charge in [0.1, 0.15) is 16.0 Å². The summed E-state index contributed by atoms with van der Waals surface area (Å²) < 4.78 is 0. The van der Waals surface area contributed by atoms with Crippen LogP contribution in [-0.4, -0.2) is 65.0 Å². The second-order valence-corrected chi connectivity index (χ2v) is 8.94. The number of piperazine rings is 1. The van der Waals surface area contributed by atoms with Crippen LogP contribution in [0, 0.1) is 11.3 Å². The number of hydrazine groups is 1. The summed E-state index contributed by atoms with van der Waals surface area (Å²) in [5.41, 5.74) is 2.96. The number of carbonyl (C=O) groups excluding carboxylic acids is 1. The van der Waals surface area contributed by atoms with Crippen LogP contribution in [-0.2, 0) is 0 Å². The van der Waals surface area contributed by atoms with E-state index in [0.717, 1.165) is 57.0 Å². The Kier molecular flexibility index (Phi) is 6.32. The van der Waals surface area contributed by atoms with Gasteiger partial charge in [-0.25, -0.2) is 9.97 Å². The zero-order valence-electron chi connectivity index (χ0n) is 16.7. The molecule has 2 aliphatic rings. The number of anilines is 2. The van der Waals surface area contributed by atoms with Crippen LogP contribution < -0.4 is 15.3 Å². The molecule has 3 heterocycles. The van der Waals surface area contributed by atoms with Crippen molar-refractivity contribution in [1.82, 2.24) is 25.3 Å². The Labute approximate surface area is 184 Å². The lowest BCUT2D eigenvalue weighted by atomic mass is 10.2. The molecule has 0 unspecified atom stereocenters. The lowest BCUT2D eigenvalue weighted by molar-refractivity contribution is 0.0947. The minimum absolute atomic E-state index is 0.0155. The van der Waals surface area contributed by atoms with E-state index >= 15 is 0 Å². The molecule has 2 aromatic rings. The number of nitrogens with zero attached hydrogens (tertiary/aromatic N) is 7. The first-order valence-corrected chi connectivity index (χ1v) is 11.2. The van der Waals surface area contributed by atoms with Crippen LogP contribution in [0.3, 0.4) is 0 Å². The Morgan fingerprint density at radius 1 is 1.27 bits per heavy atom. The fourth-order valence-corrected chi connectivity index (χ4v) is 4.78. The number of likely N-dealkylation sites (N-methyl/N-ethyl adjacent to an activating group) is 1. The maximum atomic E-state index is 13.0. The first-order valence-electron chi connectivity index (χ1n) is 9.97. The predicted octanol–water partition coefficient (Wildman–Crippen LogP) is 2.30. The normalized spacial score (nSPS) is 17.7. The largest absolute Gasteiger partial charge is 0.346 e. The van der Waals surface area contributed by atoms with Crippen molar-refractivity contribution < 1.29 is 4.79 Å². The summed E-state index contributed by atoms with van der Waals surface area (Å²) in [4.78, 5) is 30.7. The van der Waals surface area contributed by atoms with Crippen molar-refractivity contribution in [2.75, 3.05) is 43.1 Å². The maximum absolute atomic E-state index is 13.0. The number of nitrogens with one attached hydrogen (secondary N) is 1. The Balaban J connectivity index is 1.54. The van der Waals surface area contributed by atoms with Crippen LogP contribution in [0.5, 0.6) is 0 Å². The van der Waals surface area contributed by atoms with Crippen molar-refractivity contribution in [2.24, 2.45) is 0 Å². The molecule has 158 valence electrons. The van der Waals surface area contributed by atoms with Crippen molar-refractivity contribution >= 4 is 39.8 Å². The molecule has 4 rings (SSSR count). The molecular weight excluding hydrogens is 424 g/mol. The summed E-state index contributed by atoms with van der Waals surface area (Å²) in [6.45, 7) is 3.74. The predicted molar refractivity (Wildman–Crippen MR) is 116 cm³/mol. The molecule has 11 heteroatoms. The van der Waals surface area contributed by atoms with Crippen LogP contribution >= 0.6 is 22.9 Å². The number of halogens is 1. The van der Waals surface area contributed by atoms with E-state index in [1.54, 1.807) is 11.2 Å². The highest BCUT2D eigenvalue weighted by molar-refractivity contribution is 7.17. The lowest BCUT2D eigenvalue weighted by Crippen LogP contribution is -2.48. The third-order valence-corrected chi connectivity index (χ3v) is 6.78. The van der Waals surface area contributed by atoms with Gasteiger partial charge in [0.2, 0.25) is 5.82 Å². The maximum Gasteiger partial charge on any atom is 0.281 e. The third-order valence-electron chi connectivity index (χ3n) is 5.46. The lowest BCUT2D eigenvalue weighted by Gasteiger charge is -2.32. The van der Waals surface area contributed by atoms with Gasteiger partial charge in [0.15, 0.2) is 10.9 Å². The van der Waals surface area contributed by atoms with E-state index in [9.17, 15) is 4.79 Å². The molecule has 0 bridgehead atoms. The Morgan fingerprint density at radius 2 is 2.00 bits per heavy atom. The van der Waals surface area contributed by atoms with Gasteiger partial charge in [0.25, 0.3) is 5.91 Å². The van der Waals surface area contributed by atoms with Gasteiger partial charge >= 0.3 is 0 Å². The number of hydrogen-bond donors (Lipinski definition) is 1. The van der Waals surface area contributed by atoms with E-state index in [0.29, 0.717) is 15.7 Å². The number of hydrogen-bond acceptors (Lipinski definition) is 9. The van der Waals surface area contributed by atoms with Crippen LogP contribution in [0.15, 0.2) is 12.4 Å². The highest BCUT2D eigenvalue weighted by Gasteiger charge is 2.29. The van der Waals surface area contributed by atoms with E-state index in [1.165, 1.54) is 17.5 Å². The number of nitriles is 1. The number of rotatable bonds is 5. The minimum Gasteiger partial charge on any atom is -0.346 e. The van der Waals surface area contributed by atoms with Gasteiger partial charge in [-0.15, -0.1) is 0 Å². The summed E-state index contributed by atoms with van der Waals surface area (Å²) in [6.07, 6.45) is 6.98. The number of thiazole rings is 1. The topological polar surface area (TPSA) is 101 Å². The summed E-state index contributed by atoms with van der Waals surface area (Å²) in [5.74, 6) is 0.113. The molecule has 0 atom stereocenters. The number of aromatic nitrogens is 3. The van der Waals surface area contributed by atoms with E-state index in [2.05, 4.69) is 37.2 Å². The number of amides is 1. The quantitative estimate of drug-likeness (QED) is 0.698. The number of carbonyl (C=O) groups is 1. The molecule has 9 nitrogen and oxygen atoms in total. The molecule has 30 heavy (non-hydrogen) atoms. The smallest absolute Gasteiger partial charge is 0.281 e. The first-order chi connectivity index (χ1) is 14.5. The van der Waals surface area contributed by atoms with Crippen LogP contribution in [0.2, 0.25) is 5.02 Å².